The van der Waals surface area contributed by atoms with Gasteiger partial charge in [0.05, 0.1) is 13.2 Å². The Morgan fingerprint density at radius 3 is 1.30 bits per heavy atom. The molecular formula is C20H38F2O. The van der Waals surface area contributed by atoms with E-state index in [-0.39, 0.29) is 10.8 Å². The third kappa shape index (κ3) is 6.32. The maximum Gasteiger partial charge on any atom is 0.157 e. The van der Waals surface area contributed by atoms with E-state index in [2.05, 4.69) is 41.5 Å². The minimum atomic E-state index is -1.01. The zero-order valence-corrected chi connectivity index (χ0v) is 16.2. The van der Waals surface area contributed by atoms with Crippen molar-refractivity contribution in [2.75, 3.05) is 13.2 Å². The molecule has 1 saturated carbocycles. The fourth-order valence-electron chi connectivity index (χ4n) is 3.27. The second-order valence-corrected chi connectivity index (χ2v) is 8.68. The number of rotatable bonds is 8. The number of halogens is 2. The molecule has 0 atom stereocenters. The topological polar surface area (TPSA) is 9.23 Å². The standard InChI is InChI=1S/C10H19FO.C10H19F/c1-4-9(3,5-2)6-10(11)7-12-8-10;1-4-9(3,5-2)8-10(11)6-7-10/h4-8H2,1-3H3;4-8H2,1-3H3. The first-order valence-electron chi connectivity index (χ1n) is 9.53. The molecule has 0 unspecified atom stereocenters. The van der Waals surface area contributed by atoms with Crippen LogP contribution in [0.1, 0.15) is 92.9 Å². The number of hydrogen-bond donors (Lipinski definition) is 0. The maximum absolute atomic E-state index is 13.7. The summed E-state index contributed by atoms with van der Waals surface area (Å²) in [7, 11) is 0. The molecule has 0 amide bonds. The van der Waals surface area contributed by atoms with Crippen molar-refractivity contribution in [1.29, 1.82) is 0 Å². The van der Waals surface area contributed by atoms with Crippen LogP contribution < -0.4 is 0 Å². The molecule has 23 heavy (non-hydrogen) atoms. The summed E-state index contributed by atoms with van der Waals surface area (Å²) in [5.41, 5.74) is -1.36. The molecule has 1 aliphatic carbocycles. The smallest absolute Gasteiger partial charge is 0.157 e. The molecule has 1 aliphatic heterocycles. The van der Waals surface area contributed by atoms with Crippen molar-refractivity contribution in [2.24, 2.45) is 10.8 Å². The largest absolute Gasteiger partial charge is 0.375 e. The van der Waals surface area contributed by atoms with E-state index in [4.69, 9.17) is 4.74 Å². The number of hydrogen-bond acceptors (Lipinski definition) is 1. The van der Waals surface area contributed by atoms with Gasteiger partial charge in [0.1, 0.15) is 5.67 Å². The molecule has 2 fully saturated rings. The summed E-state index contributed by atoms with van der Waals surface area (Å²) in [6.07, 6.45) is 7.37. The van der Waals surface area contributed by atoms with Gasteiger partial charge in [0, 0.05) is 0 Å². The van der Waals surface area contributed by atoms with Crippen molar-refractivity contribution in [3.8, 4) is 0 Å². The lowest BCUT2D eigenvalue weighted by molar-refractivity contribution is -0.149. The van der Waals surface area contributed by atoms with Crippen LogP contribution in [0.15, 0.2) is 0 Å². The summed E-state index contributed by atoms with van der Waals surface area (Å²) < 4.78 is 31.9. The van der Waals surface area contributed by atoms with E-state index >= 15 is 0 Å². The maximum atomic E-state index is 13.7. The SMILES string of the molecule is CCC(C)(CC)CC1(F)CC1.CCC(C)(CC)CC1(F)COC1. The zero-order valence-electron chi connectivity index (χ0n) is 16.2. The Labute approximate surface area is 142 Å². The van der Waals surface area contributed by atoms with Gasteiger partial charge >= 0.3 is 0 Å². The van der Waals surface area contributed by atoms with Gasteiger partial charge < -0.3 is 4.74 Å². The summed E-state index contributed by atoms with van der Waals surface area (Å²) in [6.45, 7) is 13.6. The van der Waals surface area contributed by atoms with Gasteiger partial charge in [0.2, 0.25) is 0 Å². The Morgan fingerprint density at radius 1 is 0.739 bits per heavy atom. The van der Waals surface area contributed by atoms with Gasteiger partial charge in [-0.1, -0.05) is 67.2 Å². The Kier molecular flexibility index (Phi) is 7.08. The average molecular weight is 333 g/mol. The number of alkyl halides is 2. The molecule has 0 aromatic heterocycles. The Morgan fingerprint density at radius 2 is 1.09 bits per heavy atom. The third-order valence-corrected chi connectivity index (χ3v) is 6.42. The van der Waals surface area contributed by atoms with E-state index in [9.17, 15) is 8.78 Å². The van der Waals surface area contributed by atoms with Gasteiger partial charge in [0.25, 0.3) is 0 Å². The van der Waals surface area contributed by atoms with Crippen LogP contribution in [0.25, 0.3) is 0 Å². The van der Waals surface area contributed by atoms with Crippen molar-refractivity contribution >= 4 is 0 Å². The molecule has 0 bridgehead atoms. The lowest BCUT2D eigenvalue weighted by Crippen LogP contribution is -2.48. The molecule has 0 N–H and O–H groups in total. The molecule has 1 nitrogen and oxygen atoms in total. The first-order chi connectivity index (χ1) is 10.6. The van der Waals surface area contributed by atoms with Gasteiger partial charge in [-0.05, 0) is 36.5 Å². The lowest BCUT2D eigenvalue weighted by atomic mass is 9.75. The molecule has 3 heteroatoms. The molecule has 1 heterocycles. The summed E-state index contributed by atoms with van der Waals surface area (Å²) in [4.78, 5) is 0. The molecule has 0 radical (unpaired) electrons. The highest BCUT2D eigenvalue weighted by Crippen LogP contribution is 2.50. The van der Waals surface area contributed by atoms with Crippen LogP contribution in [-0.4, -0.2) is 24.6 Å². The van der Waals surface area contributed by atoms with Crippen LogP contribution in [0.5, 0.6) is 0 Å². The fraction of sp³-hybridized carbons (Fsp3) is 1.00. The van der Waals surface area contributed by atoms with E-state index in [1.54, 1.807) is 0 Å². The van der Waals surface area contributed by atoms with Crippen molar-refractivity contribution in [3.05, 3.63) is 0 Å². The van der Waals surface area contributed by atoms with E-state index in [1.165, 1.54) is 0 Å². The summed E-state index contributed by atoms with van der Waals surface area (Å²) in [5.74, 6) is 0. The Hall–Kier alpha value is -0.180. The molecule has 0 aromatic carbocycles. The van der Waals surface area contributed by atoms with Crippen molar-refractivity contribution < 1.29 is 13.5 Å². The van der Waals surface area contributed by atoms with E-state index < -0.39 is 11.3 Å². The minimum Gasteiger partial charge on any atom is -0.375 e. The van der Waals surface area contributed by atoms with Gasteiger partial charge in [-0.3, -0.25) is 0 Å². The molecule has 138 valence electrons. The predicted molar refractivity (Wildman–Crippen MR) is 94.3 cm³/mol. The Bertz CT molecular complexity index is 351. The predicted octanol–water partition coefficient (Wildman–Crippen LogP) is 6.65. The van der Waals surface area contributed by atoms with E-state index in [0.29, 0.717) is 19.6 Å². The fourth-order valence-corrected chi connectivity index (χ4v) is 3.27. The van der Waals surface area contributed by atoms with Crippen LogP contribution in [0.2, 0.25) is 0 Å². The molecule has 1 saturated heterocycles. The van der Waals surface area contributed by atoms with Gasteiger partial charge in [-0.25, -0.2) is 8.78 Å². The van der Waals surface area contributed by atoms with E-state index in [1.807, 2.05) is 0 Å². The zero-order chi connectivity index (χ0) is 17.8. The number of ether oxygens (including phenoxy) is 1. The molecule has 0 spiro atoms. The summed E-state index contributed by atoms with van der Waals surface area (Å²) in [5, 5.41) is 0. The normalized spacial score (nSPS) is 21.9. The second kappa shape index (κ2) is 7.80. The van der Waals surface area contributed by atoms with Gasteiger partial charge in [0.15, 0.2) is 5.67 Å². The van der Waals surface area contributed by atoms with Crippen LogP contribution in [0.3, 0.4) is 0 Å². The van der Waals surface area contributed by atoms with Gasteiger partial charge in [-0.2, -0.15) is 0 Å². The van der Waals surface area contributed by atoms with Crippen LogP contribution in [0, 0.1) is 10.8 Å². The Balaban J connectivity index is 0.000000231. The highest BCUT2D eigenvalue weighted by atomic mass is 19.1. The van der Waals surface area contributed by atoms with Crippen LogP contribution >= 0.6 is 0 Å². The van der Waals surface area contributed by atoms with Gasteiger partial charge in [-0.15, -0.1) is 0 Å². The lowest BCUT2D eigenvalue weighted by Gasteiger charge is -2.40. The molecule has 2 rings (SSSR count). The average Bonchev–Trinajstić information content (AvgIpc) is 3.22. The van der Waals surface area contributed by atoms with Crippen LogP contribution in [0.4, 0.5) is 8.78 Å². The highest BCUT2D eigenvalue weighted by Gasteiger charge is 2.47. The molecular weight excluding hydrogens is 294 g/mol. The molecule has 2 aliphatic rings. The van der Waals surface area contributed by atoms with E-state index in [0.717, 1.165) is 44.9 Å². The first kappa shape index (κ1) is 20.9. The van der Waals surface area contributed by atoms with Crippen molar-refractivity contribution in [3.63, 3.8) is 0 Å². The second-order valence-electron chi connectivity index (χ2n) is 8.68. The van der Waals surface area contributed by atoms with Crippen molar-refractivity contribution in [2.45, 2.75) is 104 Å². The monoisotopic (exact) mass is 332 g/mol. The molecule has 0 aromatic rings. The highest BCUT2D eigenvalue weighted by molar-refractivity contribution is 4.98. The quantitative estimate of drug-likeness (QED) is 0.483. The minimum absolute atomic E-state index is 0.165. The summed E-state index contributed by atoms with van der Waals surface area (Å²) in [6, 6.07) is 0. The third-order valence-electron chi connectivity index (χ3n) is 6.42. The van der Waals surface area contributed by atoms with Crippen molar-refractivity contribution in [1.82, 2.24) is 0 Å². The summed E-state index contributed by atoms with van der Waals surface area (Å²) >= 11 is 0. The van der Waals surface area contributed by atoms with Crippen LogP contribution in [-0.2, 0) is 4.74 Å². The first-order valence-corrected chi connectivity index (χ1v) is 9.53.